The molecule has 100 valence electrons. The molecule has 2 rings (SSSR count). The highest BCUT2D eigenvalue weighted by molar-refractivity contribution is 9.10. The van der Waals surface area contributed by atoms with Crippen LogP contribution in [-0.2, 0) is 0 Å². The topological polar surface area (TPSA) is 12.0 Å². The van der Waals surface area contributed by atoms with E-state index in [9.17, 15) is 4.39 Å². The molecule has 1 N–H and O–H groups in total. The number of benzene rings is 1. The van der Waals surface area contributed by atoms with Gasteiger partial charge < -0.3 is 5.32 Å². The van der Waals surface area contributed by atoms with Crippen LogP contribution in [0.5, 0.6) is 0 Å². The molecule has 0 aliphatic heterocycles. The van der Waals surface area contributed by atoms with E-state index in [4.69, 9.17) is 0 Å². The Labute approximate surface area is 117 Å². The van der Waals surface area contributed by atoms with Crippen LogP contribution >= 0.6 is 15.9 Å². The van der Waals surface area contributed by atoms with Crippen molar-refractivity contribution in [1.82, 2.24) is 5.32 Å². The predicted octanol–water partition coefficient (Wildman–Crippen LogP) is 4.82. The van der Waals surface area contributed by atoms with Crippen molar-refractivity contribution >= 4 is 15.9 Å². The first-order valence-corrected chi connectivity index (χ1v) is 7.48. The molecule has 1 unspecified atom stereocenters. The third-order valence-corrected chi connectivity index (χ3v) is 4.76. The zero-order valence-electron chi connectivity index (χ0n) is 11.1. The van der Waals surface area contributed by atoms with Crippen LogP contribution in [0.4, 0.5) is 4.39 Å². The molecule has 0 saturated heterocycles. The van der Waals surface area contributed by atoms with Gasteiger partial charge in [0.2, 0.25) is 0 Å². The fraction of sp³-hybridized carbons (Fsp3) is 0.600. The summed E-state index contributed by atoms with van der Waals surface area (Å²) in [4.78, 5) is 0. The monoisotopic (exact) mass is 313 g/mol. The molecule has 0 amide bonds. The molecular weight excluding hydrogens is 293 g/mol. The fourth-order valence-electron chi connectivity index (χ4n) is 2.77. The molecule has 0 heterocycles. The maximum atomic E-state index is 13.1. The average Bonchev–Trinajstić information content (AvgIpc) is 2.74. The van der Waals surface area contributed by atoms with Gasteiger partial charge in [-0.3, -0.25) is 0 Å². The number of halogens is 2. The van der Waals surface area contributed by atoms with E-state index < -0.39 is 0 Å². The highest BCUT2D eigenvalue weighted by Gasteiger charge is 2.28. The largest absolute Gasteiger partial charge is 0.310 e. The molecule has 18 heavy (non-hydrogen) atoms. The summed E-state index contributed by atoms with van der Waals surface area (Å²) in [7, 11) is 0. The van der Waals surface area contributed by atoms with Gasteiger partial charge in [0.15, 0.2) is 0 Å². The molecule has 1 atom stereocenters. The van der Waals surface area contributed by atoms with E-state index >= 15 is 0 Å². The lowest BCUT2D eigenvalue weighted by molar-refractivity contribution is 0.301. The quantitative estimate of drug-likeness (QED) is 0.840. The van der Waals surface area contributed by atoms with Gasteiger partial charge in [0.25, 0.3) is 0 Å². The second kappa shape index (κ2) is 5.70. The van der Waals surface area contributed by atoms with E-state index in [2.05, 4.69) is 35.1 Å². The van der Waals surface area contributed by atoms with Crippen molar-refractivity contribution in [3.8, 4) is 0 Å². The van der Waals surface area contributed by atoms with E-state index in [1.165, 1.54) is 37.8 Å². The molecule has 1 fully saturated rings. The zero-order chi connectivity index (χ0) is 13.2. The van der Waals surface area contributed by atoms with Crippen molar-refractivity contribution in [3.05, 3.63) is 34.1 Å². The van der Waals surface area contributed by atoms with Crippen LogP contribution in [0.1, 0.15) is 51.1 Å². The predicted molar refractivity (Wildman–Crippen MR) is 77.1 cm³/mol. The van der Waals surface area contributed by atoms with E-state index in [1.807, 2.05) is 6.07 Å². The van der Waals surface area contributed by atoms with Gasteiger partial charge in [-0.25, -0.2) is 4.39 Å². The lowest BCUT2D eigenvalue weighted by Gasteiger charge is -2.27. The summed E-state index contributed by atoms with van der Waals surface area (Å²) in [5.41, 5.74) is 1.57. The third-order valence-electron chi connectivity index (χ3n) is 4.07. The van der Waals surface area contributed by atoms with Crippen molar-refractivity contribution in [3.63, 3.8) is 0 Å². The minimum Gasteiger partial charge on any atom is -0.310 e. The lowest BCUT2D eigenvalue weighted by Crippen LogP contribution is -2.31. The summed E-state index contributed by atoms with van der Waals surface area (Å²) in [5.74, 6) is -0.194. The van der Waals surface area contributed by atoms with Crippen LogP contribution in [-0.4, -0.2) is 6.54 Å². The van der Waals surface area contributed by atoms with Crippen LogP contribution < -0.4 is 5.32 Å². The Balaban J connectivity index is 1.97. The van der Waals surface area contributed by atoms with Gasteiger partial charge in [-0.15, -0.1) is 0 Å². The van der Waals surface area contributed by atoms with E-state index in [1.54, 1.807) is 0 Å². The summed E-state index contributed by atoms with van der Waals surface area (Å²) in [6.45, 7) is 5.54. The van der Waals surface area contributed by atoms with Crippen LogP contribution in [0.2, 0.25) is 0 Å². The molecule has 3 heteroatoms. The van der Waals surface area contributed by atoms with E-state index in [0.717, 1.165) is 16.6 Å². The number of hydrogen-bond acceptors (Lipinski definition) is 1. The van der Waals surface area contributed by atoms with Crippen LogP contribution in [0, 0.1) is 11.2 Å². The summed E-state index contributed by atoms with van der Waals surface area (Å²) in [5, 5.41) is 3.59. The molecule has 0 bridgehead atoms. The van der Waals surface area contributed by atoms with Crippen LogP contribution in [0.25, 0.3) is 0 Å². The molecule has 1 aromatic rings. The maximum absolute atomic E-state index is 13.1. The van der Waals surface area contributed by atoms with Gasteiger partial charge in [0.05, 0.1) is 0 Å². The number of nitrogens with one attached hydrogen (secondary N) is 1. The highest BCUT2D eigenvalue weighted by atomic mass is 79.9. The summed E-state index contributed by atoms with van der Waals surface area (Å²) < 4.78 is 13.9. The Bertz CT molecular complexity index is 413. The fourth-order valence-corrected chi connectivity index (χ4v) is 3.46. The normalized spacial score (nSPS) is 20.0. The van der Waals surface area contributed by atoms with Crippen molar-refractivity contribution in [1.29, 1.82) is 0 Å². The maximum Gasteiger partial charge on any atom is 0.124 e. The molecule has 0 radical (unpaired) electrons. The smallest absolute Gasteiger partial charge is 0.124 e. The second-order valence-corrected chi connectivity index (χ2v) is 6.64. The lowest BCUT2D eigenvalue weighted by atomic mass is 9.88. The minimum absolute atomic E-state index is 0.194. The molecule has 1 saturated carbocycles. The van der Waals surface area contributed by atoms with E-state index in [0.29, 0.717) is 5.41 Å². The van der Waals surface area contributed by atoms with Gasteiger partial charge in [-0.2, -0.15) is 0 Å². The second-order valence-electron chi connectivity index (χ2n) is 5.79. The Hall–Kier alpha value is -0.410. The van der Waals surface area contributed by atoms with Gasteiger partial charge in [-0.05, 0) is 42.9 Å². The standard InChI is InChI=1S/C15H21BrFN/c1-11(13-6-5-12(17)9-14(13)16)18-10-15(2)7-3-4-8-15/h5-6,9,11,18H,3-4,7-8,10H2,1-2H3. The number of hydrogen-bond donors (Lipinski definition) is 1. The first kappa shape index (κ1) is 14.0. The van der Waals surface area contributed by atoms with Gasteiger partial charge in [-0.1, -0.05) is 41.8 Å². The van der Waals surface area contributed by atoms with Crippen LogP contribution in [0.3, 0.4) is 0 Å². The van der Waals surface area contributed by atoms with Gasteiger partial charge in [0.1, 0.15) is 5.82 Å². The van der Waals surface area contributed by atoms with Crippen molar-refractivity contribution in [2.75, 3.05) is 6.54 Å². The summed E-state index contributed by atoms with van der Waals surface area (Å²) >= 11 is 3.43. The Morgan fingerprint density at radius 1 is 1.39 bits per heavy atom. The van der Waals surface area contributed by atoms with E-state index in [-0.39, 0.29) is 11.9 Å². The van der Waals surface area contributed by atoms with Crippen LogP contribution in [0.15, 0.2) is 22.7 Å². The Kier molecular flexibility index (Phi) is 4.44. The Morgan fingerprint density at radius 2 is 2.06 bits per heavy atom. The SMILES string of the molecule is CC(NCC1(C)CCCC1)c1ccc(F)cc1Br. The minimum atomic E-state index is -0.194. The van der Waals surface area contributed by atoms with Gasteiger partial charge in [0, 0.05) is 17.1 Å². The first-order valence-electron chi connectivity index (χ1n) is 6.68. The molecular formula is C15H21BrFN. The van der Waals surface area contributed by atoms with Crippen molar-refractivity contribution < 1.29 is 4.39 Å². The number of rotatable bonds is 4. The third kappa shape index (κ3) is 3.33. The Morgan fingerprint density at radius 3 is 2.67 bits per heavy atom. The first-order chi connectivity index (χ1) is 8.50. The molecule has 1 aliphatic carbocycles. The summed E-state index contributed by atoms with van der Waals surface area (Å²) in [6, 6.07) is 5.16. The molecule has 1 aromatic carbocycles. The summed E-state index contributed by atoms with van der Waals surface area (Å²) in [6.07, 6.45) is 5.34. The highest BCUT2D eigenvalue weighted by Crippen LogP contribution is 2.37. The average molecular weight is 314 g/mol. The van der Waals surface area contributed by atoms with Crippen molar-refractivity contribution in [2.45, 2.75) is 45.6 Å². The molecule has 1 nitrogen and oxygen atoms in total. The molecule has 1 aliphatic rings. The molecule has 0 aromatic heterocycles. The zero-order valence-corrected chi connectivity index (χ0v) is 12.7. The van der Waals surface area contributed by atoms with Gasteiger partial charge >= 0.3 is 0 Å². The van der Waals surface area contributed by atoms with Crippen molar-refractivity contribution in [2.24, 2.45) is 5.41 Å². The molecule has 0 spiro atoms.